The van der Waals surface area contributed by atoms with Crippen LogP contribution in [0.2, 0.25) is 0 Å². The van der Waals surface area contributed by atoms with Gasteiger partial charge in [-0.1, -0.05) is 12.1 Å². The van der Waals surface area contributed by atoms with Crippen molar-refractivity contribution in [2.75, 3.05) is 7.11 Å². The van der Waals surface area contributed by atoms with E-state index in [1.807, 2.05) is 12.3 Å². The molecule has 1 N–H and O–H groups in total. The Morgan fingerprint density at radius 2 is 2.22 bits per heavy atom. The molecule has 3 nitrogen and oxygen atoms in total. The maximum Gasteiger partial charge on any atom is 0.0702 e. The van der Waals surface area contributed by atoms with Gasteiger partial charge in [0.25, 0.3) is 0 Å². The Morgan fingerprint density at radius 3 is 3.06 bits per heavy atom. The molecule has 0 unspecified atom stereocenters. The molecule has 0 aliphatic heterocycles. The van der Waals surface area contributed by atoms with Crippen molar-refractivity contribution in [3.8, 4) is 0 Å². The number of fused-ring (bicyclic) bond motifs is 1. The van der Waals surface area contributed by atoms with E-state index in [2.05, 4.69) is 34.6 Å². The standard InChI is InChI=1S/C15H18N2O/c1-18-14-8-13(9-14)17-10-11-4-5-15-12(7-11)3-2-6-16-15/h2-7,13-14,17H,8-10H2,1H3. The number of pyridine rings is 1. The molecule has 18 heavy (non-hydrogen) atoms. The minimum atomic E-state index is 0.461. The first-order valence-corrected chi connectivity index (χ1v) is 6.45. The molecule has 0 spiro atoms. The van der Waals surface area contributed by atoms with Crippen LogP contribution in [0.5, 0.6) is 0 Å². The SMILES string of the molecule is COC1CC(NCc2ccc3ncccc3c2)C1. The Hall–Kier alpha value is -1.45. The summed E-state index contributed by atoms with van der Waals surface area (Å²) in [6, 6.07) is 11.1. The predicted molar refractivity (Wildman–Crippen MR) is 72.4 cm³/mol. The highest BCUT2D eigenvalue weighted by Gasteiger charge is 2.28. The molecule has 1 aromatic heterocycles. The van der Waals surface area contributed by atoms with Crippen molar-refractivity contribution in [1.82, 2.24) is 10.3 Å². The number of rotatable bonds is 4. The van der Waals surface area contributed by atoms with Crippen molar-refractivity contribution < 1.29 is 4.74 Å². The highest BCUT2D eigenvalue weighted by atomic mass is 16.5. The number of nitrogens with zero attached hydrogens (tertiary/aromatic N) is 1. The molecular weight excluding hydrogens is 224 g/mol. The first kappa shape index (κ1) is 11.6. The fraction of sp³-hybridized carbons (Fsp3) is 0.400. The van der Waals surface area contributed by atoms with Gasteiger partial charge in [0.05, 0.1) is 11.6 Å². The topological polar surface area (TPSA) is 34.1 Å². The van der Waals surface area contributed by atoms with Crippen LogP contribution in [0.25, 0.3) is 10.9 Å². The fourth-order valence-corrected chi connectivity index (χ4v) is 2.42. The van der Waals surface area contributed by atoms with Crippen LogP contribution in [-0.4, -0.2) is 24.2 Å². The van der Waals surface area contributed by atoms with Crippen molar-refractivity contribution in [3.05, 3.63) is 42.1 Å². The van der Waals surface area contributed by atoms with Crippen molar-refractivity contribution in [2.45, 2.75) is 31.5 Å². The van der Waals surface area contributed by atoms with E-state index in [1.54, 1.807) is 7.11 Å². The molecule has 0 amide bonds. The Kier molecular flexibility index (Phi) is 3.26. The summed E-state index contributed by atoms with van der Waals surface area (Å²) in [6.45, 7) is 0.923. The summed E-state index contributed by atoms with van der Waals surface area (Å²) < 4.78 is 5.28. The lowest BCUT2D eigenvalue weighted by Gasteiger charge is -2.34. The van der Waals surface area contributed by atoms with E-state index in [0.29, 0.717) is 12.1 Å². The number of aromatic nitrogens is 1. The van der Waals surface area contributed by atoms with E-state index in [4.69, 9.17) is 4.74 Å². The first-order valence-electron chi connectivity index (χ1n) is 6.45. The zero-order chi connectivity index (χ0) is 12.4. The van der Waals surface area contributed by atoms with Crippen molar-refractivity contribution in [2.24, 2.45) is 0 Å². The van der Waals surface area contributed by atoms with Crippen molar-refractivity contribution in [1.29, 1.82) is 0 Å². The molecule has 0 bridgehead atoms. The third-order valence-corrected chi connectivity index (χ3v) is 3.69. The highest BCUT2D eigenvalue weighted by Crippen LogP contribution is 2.23. The second-order valence-corrected chi connectivity index (χ2v) is 4.94. The quantitative estimate of drug-likeness (QED) is 0.894. The van der Waals surface area contributed by atoms with Crippen LogP contribution in [0.4, 0.5) is 0 Å². The molecule has 1 aliphatic rings. The van der Waals surface area contributed by atoms with Crippen LogP contribution < -0.4 is 5.32 Å². The van der Waals surface area contributed by atoms with Gasteiger partial charge < -0.3 is 10.1 Å². The van der Waals surface area contributed by atoms with Crippen LogP contribution in [0.15, 0.2) is 36.5 Å². The zero-order valence-corrected chi connectivity index (χ0v) is 10.6. The summed E-state index contributed by atoms with van der Waals surface area (Å²) in [4.78, 5) is 4.33. The summed E-state index contributed by atoms with van der Waals surface area (Å²) in [5.41, 5.74) is 2.38. The van der Waals surface area contributed by atoms with E-state index >= 15 is 0 Å². The number of ether oxygens (including phenoxy) is 1. The van der Waals surface area contributed by atoms with E-state index in [-0.39, 0.29) is 0 Å². The van der Waals surface area contributed by atoms with Gasteiger partial charge in [0, 0.05) is 31.3 Å². The summed E-state index contributed by atoms with van der Waals surface area (Å²) in [6.07, 6.45) is 4.56. The lowest BCUT2D eigenvalue weighted by atomic mass is 9.89. The van der Waals surface area contributed by atoms with Crippen molar-refractivity contribution >= 4 is 10.9 Å². The third kappa shape index (κ3) is 2.37. The summed E-state index contributed by atoms with van der Waals surface area (Å²) >= 11 is 0. The number of methoxy groups -OCH3 is 1. The van der Waals surface area contributed by atoms with E-state index in [0.717, 1.165) is 24.9 Å². The highest BCUT2D eigenvalue weighted by molar-refractivity contribution is 5.78. The third-order valence-electron chi connectivity index (χ3n) is 3.69. The molecule has 1 aliphatic carbocycles. The number of hydrogen-bond acceptors (Lipinski definition) is 3. The van der Waals surface area contributed by atoms with Gasteiger partial charge in [0.1, 0.15) is 0 Å². The molecule has 1 saturated carbocycles. The zero-order valence-electron chi connectivity index (χ0n) is 10.6. The van der Waals surface area contributed by atoms with Gasteiger partial charge in [-0.2, -0.15) is 0 Å². The second kappa shape index (κ2) is 5.04. The monoisotopic (exact) mass is 242 g/mol. The minimum absolute atomic E-state index is 0.461. The first-order chi connectivity index (χ1) is 8.85. The van der Waals surface area contributed by atoms with Crippen molar-refractivity contribution in [3.63, 3.8) is 0 Å². The average Bonchev–Trinajstić information content (AvgIpc) is 2.37. The van der Waals surface area contributed by atoms with Gasteiger partial charge in [-0.05, 0) is 36.6 Å². The predicted octanol–water partition coefficient (Wildman–Crippen LogP) is 2.50. The van der Waals surface area contributed by atoms with E-state index in [9.17, 15) is 0 Å². The summed E-state index contributed by atoms with van der Waals surface area (Å²) in [7, 11) is 1.79. The van der Waals surface area contributed by atoms with Gasteiger partial charge in [-0.25, -0.2) is 0 Å². The Labute approximate surface area is 107 Å². The normalized spacial score (nSPS) is 22.9. The Morgan fingerprint density at radius 1 is 1.33 bits per heavy atom. The van der Waals surface area contributed by atoms with Gasteiger partial charge in [0.2, 0.25) is 0 Å². The lowest BCUT2D eigenvalue weighted by Crippen LogP contribution is -2.44. The average molecular weight is 242 g/mol. The molecule has 94 valence electrons. The van der Waals surface area contributed by atoms with Crippen LogP contribution in [-0.2, 0) is 11.3 Å². The molecule has 0 atom stereocenters. The van der Waals surface area contributed by atoms with E-state index in [1.165, 1.54) is 10.9 Å². The number of benzene rings is 1. The molecule has 3 heteroatoms. The van der Waals surface area contributed by atoms with Gasteiger partial charge in [-0.3, -0.25) is 4.98 Å². The second-order valence-electron chi connectivity index (χ2n) is 4.94. The molecule has 2 aromatic rings. The Balaban J connectivity index is 1.61. The lowest BCUT2D eigenvalue weighted by molar-refractivity contribution is 0.0170. The summed E-state index contributed by atoms with van der Waals surface area (Å²) in [5, 5.41) is 4.77. The van der Waals surface area contributed by atoms with Crippen LogP contribution in [0, 0.1) is 0 Å². The molecular formula is C15H18N2O. The molecule has 3 rings (SSSR count). The Bertz CT molecular complexity index is 535. The van der Waals surface area contributed by atoms with Gasteiger partial charge >= 0.3 is 0 Å². The molecule has 0 radical (unpaired) electrons. The number of nitrogens with one attached hydrogen (secondary N) is 1. The number of hydrogen-bond donors (Lipinski definition) is 1. The maximum absolute atomic E-state index is 5.28. The van der Waals surface area contributed by atoms with E-state index < -0.39 is 0 Å². The smallest absolute Gasteiger partial charge is 0.0702 e. The largest absolute Gasteiger partial charge is 0.381 e. The molecule has 0 saturated heterocycles. The maximum atomic E-state index is 5.28. The fourth-order valence-electron chi connectivity index (χ4n) is 2.42. The van der Waals surface area contributed by atoms with Crippen LogP contribution in [0.1, 0.15) is 18.4 Å². The van der Waals surface area contributed by atoms with Crippen LogP contribution in [0.3, 0.4) is 0 Å². The van der Waals surface area contributed by atoms with Gasteiger partial charge in [-0.15, -0.1) is 0 Å². The van der Waals surface area contributed by atoms with Crippen LogP contribution >= 0.6 is 0 Å². The van der Waals surface area contributed by atoms with Gasteiger partial charge in [0.15, 0.2) is 0 Å². The summed E-state index contributed by atoms with van der Waals surface area (Å²) in [5.74, 6) is 0. The molecule has 1 fully saturated rings. The molecule has 1 heterocycles. The molecule has 1 aromatic carbocycles. The minimum Gasteiger partial charge on any atom is -0.381 e.